The van der Waals surface area contributed by atoms with Crippen LogP contribution in [0.15, 0.2) is 28.9 Å². The summed E-state index contributed by atoms with van der Waals surface area (Å²) in [6.07, 6.45) is 3.95. The topological polar surface area (TPSA) is 86.9 Å². The van der Waals surface area contributed by atoms with E-state index in [2.05, 4.69) is 33.9 Å². The normalized spacial score (nSPS) is 12.1. The second-order valence-electron chi connectivity index (χ2n) is 4.98. The van der Waals surface area contributed by atoms with Crippen molar-refractivity contribution in [2.75, 3.05) is 6.54 Å². The molecule has 21 heavy (non-hydrogen) atoms. The van der Waals surface area contributed by atoms with Crippen molar-refractivity contribution in [1.82, 2.24) is 20.0 Å². The molecule has 0 radical (unpaired) electrons. The van der Waals surface area contributed by atoms with Crippen LogP contribution in [-0.2, 0) is 23.0 Å². The third-order valence-corrected chi connectivity index (χ3v) is 5.87. The van der Waals surface area contributed by atoms with Gasteiger partial charge in [-0.15, -0.1) is 11.3 Å². The van der Waals surface area contributed by atoms with E-state index in [0.717, 1.165) is 23.5 Å². The van der Waals surface area contributed by atoms with E-state index in [4.69, 9.17) is 0 Å². The zero-order valence-corrected chi connectivity index (χ0v) is 13.7. The predicted molar refractivity (Wildman–Crippen MR) is 83.8 cm³/mol. The number of hydrogen-bond acceptors (Lipinski definition) is 5. The van der Waals surface area contributed by atoms with Gasteiger partial charge in [0.2, 0.25) is 10.0 Å². The molecule has 116 valence electrons. The maximum absolute atomic E-state index is 12.2. The average Bonchev–Trinajstić information content (AvgIpc) is 3.07. The molecule has 0 spiro atoms. The van der Waals surface area contributed by atoms with Gasteiger partial charge in [-0.25, -0.2) is 18.1 Å². The van der Waals surface area contributed by atoms with E-state index in [9.17, 15) is 8.42 Å². The number of aromatic nitrogens is 2. The molecule has 0 atom stereocenters. The summed E-state index contributed by atoms with van der Waals surface area (Å²) in [4.78, 5) is 7.78. The van der Waals surface area contributed by atoms with Gasteiger partial charge in [-0.3, -0.25) is 0 Å². The molecule has 6 nitrogen and oxygen atoms in total. The molecule has 0 aromatic carbocycles. The quantitative estimate of drug-likeness (QED) is 0.685. The van der Waals surface area contributed by atoms with Crippen molar-refractivity contribution in [1.29, 1.82) is 0 Å². The summed E-state index contributed by atoms with van der Waals surface area (Å²) in [5.74, 6) is 0. The Balaban J connectivity index is 1.92. The summed E-state index contributed by atoms with van der Waals surface area (Å²) >= 11 is 1.31. The molecule has 0 aliphatic rings. The molecular formula is C13H20N4O2S2. The van der Waals surface area contributed by atoms with Crippen molar-refractivity contribution in [3.8, 4) is 0 Å². The Morgan fingerprint density at radius 3 is 2.86 bits per heavy atom. The number of aromatic amines is 1. The summed E-state index contributed by atoms with van der Waals surface area (Å²) in [5, 5.41) is 3.32. The minimum atomic E-state index is -3.46. The van der Waals surface area contributed by atoms with Crippen LogP contribution in [0.4, 0.5) is 0 Å². The first-order chi connectivity index (χ1) is 9.97. The lowest BCUT2D eigenvalue weighted by Gasteiger charge is -2.06. The fourth-order valence-electron chi connectivity index (χ4n) is 1.75. The largest absolute Gasteiger partial charge is 0.347 e. The van der Waals surface area contributed by atoms with Gasteiger partial charge in [0, 0.05) is 29.4 Å². The second kappa shape index (κ2) is 7.17. The van der Waals surface area contributed by atoms with Gasteiger partial charge < -0.3 is 10.3 Å². The zero-order chi connectivity index (χ0) is 15.3. The molecule has 0 saturated heterocycles. The molecule has 3 N–H and O–H groups in total. The molecule has 0 aliphatic heterocycles. The SMILES string of the molecule is CC(C)NCCc1ccc(S(=O)(=O)NCc2cnc[nH]2)s1. The van der Waals surface area contributed by atoms with Gasteiger partial charge in [0.05, 0.1) is 12.9 Å². The van der Waals surface area contributed by atoms with Crippen molar-refractivity contribution in [3.05, 3.63) is 35.2 Å². The summed E-state index contributed by atoms with van der Waals surface area (Å²) < 4.78 is 27.3. The third kappa shape index (κ3) is 4.92. The molecule has 8 heteroatoms. The number of hydrogen-bond donors (Lipinski definition) is 3. The van der Waals surface area contributed by atoms with Crippen molar-refractivity contribution in [2.24, 2.45) is 0 Å². The van der Waals surface area contributed by atoms with E-state index in [-0.39, 0.29) is 6.54 Å². The highest BCUT2D eigenvalue weighted by Gasteiger charge is 2.16. The molecule has 2 aromatic heterocycles. The van der Waals surface area contributed by atoms with E-state index < -0.39 is 10.0 Å². The van der Waals surface area contributed by atoms with Gasteiger partial charge in [-0.1, -0.05) is 13.8 Å². The molecule has 0 aliphatic carbocycles. The fraction of sp³-hybridized carbons (Fsp3) is 0.462. The third-order valence-electron chi connectivity index (χ3n) is 2.83. The monoisotopic (exact) mass is 328 g/mol. The van der Waals surface area contributed by atoms with Crippen molar-refractivity contribution in [2.45, 2.75) is 37.1 Å². The lowest BCUT2D eigenvalue weighted by molar-refractivity contribution is 0.582. The maximum Gasteiger partial charge on any atom is 0.250 e. The number of thiophene rings is 1. The second-order valence-corrected chi connectivity index (χ2v) is 8.14. The molecule has 0 saturated carbocycles. The van der Waals surface area contributed by atoms with Crippen LogP contribution >= 0.6 is 11.3 Å². The van der Waals surface area contributed by atoms with E-state index in [0.29, 0.717) is 10.3 Å². The first kappa shape index (κ1) is 16.2. The zero-order valence-electron chi connectivity index (χ0n) is 12.1. The minimum Gasteiger partial charge on any atom is -0.347 e. The van der Waals surface area contributed by atoms with Crippen LogP contribution in [0, 0.1) is 0 Å². The standard InChI is InChI=1S/C13H20N4O2S2/c1-10(2)15-6-5-12-3-4-13(20-12)21(18,19)17-8-11-7-14-9-16-11/h3-4,7,9-10,15,17H,5-6,8H2,1-2H3,(H,14,16). The van der Waals surface area contributed by atoms with Crippen LogP contribution in [-0.4, -0.2) is 31.0 Å². The first-order valence-corrected chi connectivity index (χ1v) is 9.06. The predicted octanol–water partition coefficient (Wildman–Crippen LogP) is 1.49. The molecule has 0 amide bonds. The summed E-state index contributed by atoms with van der Waals surface area (Å²) in [6, 6.07) is 3.96. The summed E-state index contributed by atoms with van der Waals surface area (Å²) in [6.45, 7) is 5.23. The lowest BCUT2D eigenvalue weighted by atomic mass is 10.3. The van der Waals surface area contributed by atoms with E-state index in [1.54, 1.807) is 12.3 Å². The van der Waals surface area contributed by atoms with Gasteiger partial charge >= 0.3 is 0 Å². The first-order valence-electron chi connectivity index (χ1n) is 6.76. The number of imidazole rings is 1. The fourth-order valence-corrected chi connectivity index (χ4v) is 4.15. The molecule has 2 aromatic rings. The molecule has 2 heterocycles. The van der Waals surface area contributed by atoms with Crippen LogP contribution in [0.3, 0.4) is 0 Å². The Labute approximate surface area is 129 Å². The number of H-pyrrole nitrogens is 1. The highest BCUT2D eigenvalue weighted by Crippen LogP contribution is 2.21. The van der Waals surface area contributed by atoms with Crippen molar-refractivity contribution in [3.63, 3.8) is 0 Å². The van der Waals surface area contributed by atoms with Crippen LogP contribution in [0.1, 0.15) is 24.4 Å². The molecule has 0 unspecified atom stereocenters. The highest BCUT2D eigenvalue weighted by atomic mass is 32.2. The Bertz CT molecular complexity index is 648. The Kier molecular flexibility index (Phi) is 5.51. The number of sulfonamides is 1. The van der Waals surface area contributed by atoms with Gasteiger partial charge in [-0.05, 0) is 18.6 Å². The average molecular weight is 328 g/mol. The lowest BCUT2D eigenvalue weighted by Crippen LogP contribution is -2.24. The van der Waals surface area contributed by atoms with Gasteiger partial charge in [0.25, 0.3) is 0 Å². The highest BCUT2D eigenvalue weighted by molar-refractivity contribution is 7.91. The number of rotatable bonds is 8. The Morgan fingerprint density at radius 1 is 1.38 bits per heavy atom. The Hall–Kier alpha value is -1.22. The molecule has 0 fully saturated rings. The number of nitrogens with zero attached hydrogens (tertiary/aromatic N) is 1. The van der Waals surface area contributed by atoms with E-state index >= 15 is 0 Å². The van der Waals surface area contributed by atoms with E-state index in [1.165, 1.54) is 17.7 Å². The van der Waals surface area contributed by atoms with Gasteiger partial charge in [0.15, 0.2) is 0 Å². The van der Waals surface area contributed by atoms with Gasteiger partial charge in [-0.2, -0.15) is 0 Å². The van der Waals surface area contributed by atoms with Crippen LogP contribution < -0.4 is 10.0 Å². The van der Waals surface area contributed by atoms with Crippen molar-refractivity contribution < 1.29 is 8.42 Å². The Morgan fingerprint density at radius 2 is 2.19 bits per heavy atom. The maximum atomic E-state index is 12.2. The van der Waals surface area contributed by atoms with E-state index in [1.807, 2.05) is 6.07 Å². The number of nitrogens with one attached hydrogen (secondary N) is 3. The minimum absolute atomic E-state index is 0.213. The van der Waals surface area contributed by atoms with Crippen LogP contribution in [0.25, 0.3) is 0 Å². The molecule has 0 bridgehead atoms. The molecule has 2 rings (SSSR count). The van der Waals surface area contributed by atoms with Gasteiger partial charge in [0.1, 0.15) is 4.21 Å². The summed E-state index contributed by atoms with van der Waals surface area (Å²) in [5.41, 5.74) is 0.733. The smallest absolute Gasteiger partial charge is 0.250 e. The van der Waals surface area contributed by atoms with Crippen LogP contribution in [0.5, 0.6) is 0 Å². The van der Waals surface area contributed by atoms with Crippen molar-refractivity contribution >= 4 is 21.4 Å². The van der Waals surface area contributed by atoms with Crippen LogP contribution in [0.2, 0.25) is 0 Å². The summed E-state index contributed by atoms with van der Waals surface area (Å²) in [7, 11) is -3.46. The molecular weight excluding hydrogens is 308 g/mol.